The van der Waals surface area contributed by atoms with Crippen LogP contribution in [-0.2, 0) is 0 Å². The molecule has 10 rings (SSSR count). The molecule has 0 spiro atoms. The van der Waals surface area contributed by atoms with Crippen LogP contribution in [0.1, 0.15) is 11.1 Å². The van der Waals surface area contributed by atoms with Gasteiger partial charge in [-0.3, -0.25) is 0 Å². The zero-order valence-electron chi connectivity index (χ0n) is 32.7. The Balaban J connectivity index is 0.926. The molecule has 0 fully saturated rings. The van der Waals surface area contributed by atoms with Crippen molar-refractivity contribution in [3.8, 4) is 50.2 Å². The second-order valence-electron chi connectivity index (χ2n) is 15.1. The smallest absolute Gasteiger partial charge is 0.0541 e. The molecule has 9 aromatic carbocycles. The van der Waals surface area contributed by atoms with Crippen LogP contribution in [0.4, 0.5) is 17.1 Å². The van der Waals surface area contributed by atoms with Gasteiger partial charge in [0.05, 0.1) is 11.0 Å². The van der Waals surface area contributed by atoms with Crippen molar-refractivity contribution >= 4 is 38.9 Å². The molecule has 1 aromatic heterocycles. The highest BCUT2D eigenvalue weighted by Crippen LogP contribution is 2.40. The zero-order chi connectivity index (χ0) is 39.0. The summed E-state index contributed by atoms with van der Waals surface area (Å²) in [6.45, 7) is 4.45. The zero-order valence-corrected chi connectivity index (χ0v) is 32.7. The van der Waals surface area contributed by atoms with E-state index in [4.69, 9.17) is 0 Å². The summed E-state index contributed by atoms with van der Waals surface area (Å²) >= 11 is 0. The van der Waals surface area contributed by atoms with E-state index < -0.39 is 0 Å². The number of fused-ring (bicyclic) bond motifs is 3. The van der Waals surface area contributed by atoms with Crippen LogP contribution in [0.2, 0.25) is 0 Å². The molecule has 2 heteroatoms. The summed E-state index contributed by atoms with van der Waals surface area (Å²) in [7, 11) is 0. The molecule has 58 heavy (non-hydrogen) atoms. The molecule has 0 unspecified atom stereocenters. The van der Waals surface area contributed by atoms with E-state index in [-0.39, 0.29) is 0 Å². The maximum Gasteiger partial charge on any atom is 0.0541 e. The van der Waals surface area contributed by atoms with Gasteiger partial charge in [-0.2, -0.15) is 0 Å². The average molecular weight is 743 g/mol. The van der Waals surface area contributed by atoms with E-state index >= 15 is 0 Å². The Bertz CT molecular complexity index is 3030. The molecule has 0 saturated heterocycles. The van der Waals surface area contributed by atoms with Crippen LogP contribution >= 0.6 is 0 Å². The van der Waals surface area contributed by atoms with Gasteiger partial charge in [0.2, 0.25) is 0 Å². The van der Waals surface area contributed by atoms with Gasteiger partial charge in [-0.25, -0.2) is 0 Å². The standard InChI is InChI=1S/C56H42N2/c1-39-36-45(43-22-24-44(25-23-43)46-29-35-56-54(38-46)53-20-12-13-21-55(53)58(56)48-18-10-5-11-19-48)28-33-51(39)52-34-32-50(37-40(52)2)57(47-16-8-4-9-17-47)49-30-26-42(27-31-49)41-14-6-3-7-15-41/h3-38H,1-2H3. The lowest BCUT2D eigenvalue weighted by molar-refractivity contribution is 1.18. The molecule has 0 radical (unpaired) electrons. The van der Waals surface area contributed by atoms with Crippen molar-refractivity contribution in [2.45, 2.75) is 13.8 Å². The summed E-state index contributed by atoms with van der Waals surface area (Å²) in [6, 6.07) is 79.0. The Kier molecular flexibility index (Phi) is 9.01. The number of benzene rings is 9. The first-order valence-corrected chi connectivity index (χ1v) is 20.0. The van der Waals surface area contributed by atoms with Crippen LogP contribution in [0.15, 0.2) is 218 Å². The molecule has 276 valence electrons. The SMILES string of the molecule is Cc1cc(-c2ccc(-c3ccc4c(c3)c3ccccc3n4-c3ccccc3)cc2)ccc1-c1ccc(N(c2ccccc2)c2ccc(-c3ccccc3)cc2)cc1C. The van der Waals surface area contributed by atoms with Gasteiger partial charge in [-0.1, -0.05) is 152 Å². The summed E-state index contributed by atoms with van der Waals surface area (Å²) in [5.41, 5.74) is 19.3. The van der Waals surface area contributed by atoms with Crippen LogP contribution in [-0.4, -0.2) is 4.57 Å². The van der Waals surface area contributed by atoms with Gasteiger partial charge in [0.1, 0.15) is 0 Å². The Hall–Kier alpha value is -7.42. The van der Waals surface area contributed by atoms with E-state index in [1.54, 1.807) is 0 Å². The maximum absolute atomic E-state index is 2.37. The van der Waals surface area contributed by atoms with Crippen molar-refractivity contribution in [3.63, 3.8) is 0 Å². The van der Waals surface area contributed by atoms with E-state index in [1.807, 2.05) is 0 Å². The van der Waals surface area contributed by atoms with Gasteiger partial charge in [-0.15, -0.1) is 0 Å². The topological polar surface area (TPSA) is 8.17 Å². The fourth-order valence-electron chi connectivity index (χ4n) is 8.56. The van der Waals surface area contributed by atoms with E-state index in [2.05, 4.69) is 242 Å². The third-order valence-electron chi connectivity index (χ3n) is 11.5. The highest BCUT2D eigenvalue weighted by atomic mass is 15.1. The summed E-state index contributed by atoms with van der Waals surface area (Å²) in [5.74, 6) is 0. The average Bonchev–Trinajstić information content (AvgIpc) is 3.62. The molecule has 2 nitrogen and oxygen atoms in total. The number of rotatable bonds is 8. The number of aryl methyl sites for hydroxylation is 2. The van der Waals surface area contributed by atoms with Crippen LogP contribution in [0.3, 0.4) is 0 Å². The highest BCUT2D eigenvalue weighted by molar-refractivity contribution is 6.10. The number of para-hydroxylation sites is 3. The molecular formula is C56H42N2. The number of nitrogens with zero attached hydrogens (tertiary/aromatic N) is 2. The second-order valence-corrected chi connectivity index (χ2v) is 15.1. The van der Waals surface area contributed by atoms with Gasteiger partial charge in [-0.05, 0) is 136 Å². The van der Waals surface area contributed by atoms with E-state index in [1.165, 1.54) is 83.1 Å². The lowest BCUT2D eigenvalue weighted by Crippen LogP contribution is -2.10. The second kappa shape index (κ2) is 14.9. The third kappa shape index (κ3) is 6.45. The molecule has 1 heterocycles. The Labute approximate surface area is 340 Å². The molecular weight excluding hydrogens is 701 g/mol. The van der Waals surface area contributed by atoms with E-state index in [0.717, 1.165) is 17.1 Å². The molecule has 0 aliphatic heterocycles. The summed E-state index contributed by atoms with van der Waals surface area (Å²) in [6.07, 6.45) is 0. The first-order valence-electron chi connectivity index (χ1n) is 20.0. The quantitative estimate of drug-likeness (QED) is 0.150. The van der Waals surface area contributed by atoms with Crippen LogP contribution in [0.5, 0.6) is 0 Å². The van der Waals surface area contributed by atoms with Crippen molar-refractivity contribution < 1.29 is 0 Å². The lowest BCUT2D eigenvalue weighted by Gasteiger charge is -2.26. The first kappa shape index (κ1) is 35.0. The minimum atomic E-state index is 1.13. The molecule has 0 saturated carbocycles. The Morgan fingerprint density at radius 2 is 0.759 bits per heavy atom. The number of aromatic nitrogens is 1. The summed E-state index contributed by atoms with van der Waals surface area (Å²) in [5, 5.41) is 2.53. The molecule has 0 aliphatic rings. The fourth-order valence-corrected chi connectivity index (χ4v) is 8.56. The van der Waals surface area contributed by atoms with Gasteiger partial charge < -0.3 is 9.47 Å². The molecule has 0 atom stereocenters. The normalized spacial score (nSPS) is 11.3. The van der Waals surface area contributed by atoms with Gasteiger partial charge in [0, 0.05) is 33.5 Å². The van der Waals surface area contributed by atoms with Gasteiger partial charge in [0.25, 0.3) is 0 Å². The fraction of sp³-hybridized carbons (Fsp3) is 0.0357. The minimum Gasteiger partial charge on any atom is -0.310 e. The van der Waals surface area contributed by atoms with Crippen molar-refractivity contribution in [2.75, 3.05) is 4.90 Å². The largest absolute Gasteiger partial charge is 0.310 e. The molecule has 0 N–H and O–H groups in total. The van der Waals surface area contributed by atoms with Gasteiger partial charge in [0.15, 0.2) is 0 Å². The highest BCUT2D eigenvalue weighted by Gasteiger charge is 2.16. The van der Waals surface area contributed by atoms with Crippen molar-refractivity contribution in [1.82, 2.24) is 4.57 Å². The molecule has 10 aromatic rings. The Morgan fingerprint density at radius 1 is 0.310 bits per heavy atom. The van der Waals surface area contributed by atoms with Crippen LogP contribution in [0.25, 0.3) is 72.0 Å². The summed E-state index contributed by atoms with van der Waals surface area (Å²) in [4.78, 5) is 2.34. The summed E-state index contributed by atoms with van der Waals surface area (Å²) < 4.78 is 2.37. The van der Waals surface area contributed by atoms with E-state index in [9.17, 15) is 0 Å². The predicted molar refractivity (Wildman–Crippen MR) is 247 cm³/mol. The van der Waals surface area contributed by atoms with Gasteiger partial charge >= 0.3 is 0 Å². The number of anilines is 3. The monoisotopic (exact) mass is 742 g/mol. The minimum absolute atomic E-state index is 1.13. The van der Waals surface area contributed by atoms with Crippen molar-refractivity contribution in [2.24, 2.45) is 0 Å². The van der Waals surface area contributed by atoms with Crippen molar-refractivity contribution in [3.05, 3.63) is 230 Å². The predicted octanol–water partition coefficient (Wildman–Crippen LogP) is 15.5. The maximum atomic E-state index is 2.37. The number of hydrogen-bond donors (Lipinski definition) is 0. The van der Waals surface area contributed by atoms with E-state index in [0.29, 0.717) is 0 Å². The number of hydrogen-bond acceptors (Lipinski definition) is 1. The first-order chi connectivity index (χ1) is 28.6. The third-order valence-corrected chi connectivity index (χ3v) is 11.5. The van der Waals surface area contributed by atoms with Crippen molar-refractivity contribution in [1.29, 1.82) is 0 Å². The molecule has 0 bridgehead atoms. The van der Waals surface area contributed by atoms with Crippen LogP contribution < -0.4 is 4.90 Å². The van der Waals surface area contributed by atoms with Crippen LogP contribution in [0, 0.1) is 13.8 Å². The Morgan fingerprint density at radius 3 is 1.43 bits per heavy atom. The molecule has 0 aliphatic carbocycles. The molecule has 0 amide bonds. The lowest BCUT2D eigenvalue weighted by atomic mass is 9.92.